The lowest BCUT2D eigenvalue weighted by Gasteiger charge is -2.22. The Hall–Kier alpha value is -4.57. The number of carbonyl (C=O) groups excluding carboxylic acids is 2. The van der Waals surface area contributed by atoms with Crippen LogP contribution in [0.5, 0.6) is 5.75 Å². The molecule has 0 unspecified atom stereocenters. The first-order valence-corrected chi connectivity index (χ1v) is 11.7. The molecule has 1 fully saturated rings. The van der Waals surface area contributed by atoms with Crippen molar-refractivity contribution in [2.75, 3.05) is 12.0 Å². The van der Waals surface area contributed by atoms with Gasteiger partial charge in [0.15, 0.2) is 5.13 Å². The number of non-ortho nitro benzene ring substituents is 1. The van der Waals surface area contributed by atoms with E-state index in [9.17, 15) is 24.8 Å². The highest BCUT2D eigenvalue weighted by atomic mass is 32.1. The Kier molecular flexibility index (Phi) is 5.73. The molecule has 1 atom stereocenters. The van der Waals surface area contributed by atoms with Crippen molar-refractivity contribution in [3.8, 4) is 5.75 Å². The van der Waals surface area contributed by atoms with E-state index in [1.807, 2.05) is 6.92 Å². The van der Waals surface area contributed by atoms with Crippen LogP contribution in [0.4, 0.5) is 10.8 Å². The predicted molar refractivity (Wildman–Crippen MR) is 135 cm³/mol. The minimum absolute atomic E-state index is 0.116. The molecule has 1 N–H and O–H groups in total. The van der Waals surface area contributed by atoms with Crippen LogP contribution >= 0.6 is 11.3 Å². The summed E-state index contributed by atoms with van der Waals surface area (Å²) in [5.74, 6) is -1.43. The average Bonchev–Trinajstić information content (AvgIpc) is 3.41. The van der Waals surface area contributed by atoms with Gasteiger partial charge in [-0.25, -0.2) is 4.98 Å². The van der Waals surface area contributed by atoms with Gasteiger partial charge in [0.1, 0.15) is 11.5 Å². The van der Waals surface area contributed by atoms with Gasteiger partial charge in [-0.1, -0.05) is 41.2 Å². The molecule has 9 nitrogen and oxygen atoms in total. The van der Waals surface area contributed by atoms with E-state index in [0.29, 0.717) is 22.4 Å². The Morgan fingerprint density at radius 1 is 1.08 bits per heavy atom. The average molecular weight is 502 g/mol. The smallest absolute Gasteiger partial charge is 0.301 e. The molecule has 1 amide bonds. The standard InChI is InChI=1S/C26H19N3O6S/c1-14-3-5-16(6-4-14)23(30)21-22(15-7-9-17(10-8-15)29(33)34)28(25(32)24(21)31)26-27-19-12-11-18(35-2)13-20(19)36-26/h3-13,22,30H,1-2H3/t22-/m0/s1. The Morgan fingerprint density at radius 2 is 1.78 bits per heavy atom. The van der Waals surface area contributed by atoms with Gasteiger partial charge in [0.2, 0.25) is 0 Å². The zero-order chi connectivity index (χ0) is 25.6. The van der Waals surface area contributed by atoms with Crippen molar-refractivity contribution in [1.29, 1.82) is 0 Å². The van der Waals surface area contributed by atoms with Gasteiger partial charge >= 0.3 is 5.91 Å². The number of amides is 1. The van der Waals surface area contributed by atoms with Gasteiger partial charge in [0.25, 0.3) is 11.5 Å². The first kappa shape index (κ1) is 23.2. The number of aliphatic hydroxyl groups is 1. The molecule has 0 aliphatic carbocycles. The number of aryl methyl sites for hydroxylation is 1. The number of rotatable bonds is 5. The second kappa shape index (κ2) is 8.90. The lowest BCUT2D eigenvalue weighted by Crippen LogP contribution is -2.29. The fourth-order valence-electron chi connectivity index (χ4n) is 4.11. The summed E-state index contributed by atoms with van der Waals surface area (Å²) in [7, 11) is 1.54. The molecular weight excluding hydrogens is 482 g/mol. The number of benzene rings is 3. The quantitative estimate of drug-likeness (QED) is 0.132. The first-order valence-electron chi connectivity index (χ1n) is 10.9. The summed E-state index contributed by atoms with van der Waals surface area (Å²) < 4.78 is 6.01. The molecule has 36 heavy (non-hydrogen) atoms. The van der Waals surface area contributed by atoms with Crippen molar-refractivity contribution in [2.24, 2.45) is 0 Å². The summed E-state index contributed by atoms with van der Waals surface area (Å²) in [5, 5.41) is 22.6. The number of methoxy groups -OCH3 is 1. The van der Waals surface area contributed by atoms with Crippen LogP contribution in [-0.4, -0.2) is 33.8 Å². The third-order valence-corrected chi connectivity index (χ3v) is 7.00. The number of thiazole rings is 1. The highest BCUT2D eigenvalue weighted by molar-refractivity contribution is 7.22. The molecule has 0 spiro atoms. The number of Topliss-reactive ketones (excluding diaryl/α,β-unsaturated/α-hetero) is 1. The Balaban J connectivity index is 1.71. The molecule has 10 heteroatoms. The largest absolute Gasteiger partial charge is 0.507 e. The lowest BCUT2D eigenvalue weighted by molar-refractivity contribution is -0.384. The highest BCUT2D eigenvalue weighted by Gasteiger charge is 2.48. The van der Waals surface area contributed by atoms with Gasteiger partial charge in [-0.2, -0.15) is 0 Å². The van der Waals surface area contributed by atoms with Crippen LogP contribution in [0.25, 0.3) is 16.0 Å². The van der Waals surface area contributed by atoms with E-state index < -0.39 is 22.7 Å². The molecule has 3 aromatic carbocycles. The zero-order valence-electron chi connectivity index (χ0n) is 19.2. The number of ether oxygens (including phenoxy) is 1. The van der Waals surface area contributed by atoms with Crippen LogP contribution in [-0.2, 0) is 9.59 Å². The zero-order valence-corrected chi connectivity index (χ0v) is 20.0. The summed E-state index contributed by atoms with van der Waals surface area (Å²) in [5.41, 5.74) is 2.11. The van der Waals surface area contributed by atoms with Crippen LogP contribution in [0.3, 0.4) is 0 Å². The Bertz CT molecular complexity index is 1560. The van der Waals surface area contributed by atoms with Crippen molar-refractivity contribution >= 4 is 49.8 Å². The first-order chi connectivity index (χ1) is 17.3. The number of fused-ring (bicyclic) bond motifs is 1. The predicted octanol–water partition coefficient (Wildman–Crippen LogP) is 5.15. The van der Waals surface area contributed by atoms with Gasteiger partial charge in [0, 0.05) is 17.7 Å². The summed E-state index contributed by atoms with van der Waals surface area (Å²) >= 11 is 1.20. The number of anilines is 1. The van der Waals surface area contributed by atoms with E-state index in [4.69, 9.17) is 4.74 Å². The van der Waals surface area contributed by atoms with E-state index in [1.54, 1.807) is 49.6 Å². The summed E-state index contributed by atoms with van der Waals surface area (Å²) in [6.45, 7) is 1.89. The molecular formula is C26H19N3O6S. The fourth-order valence-corrected chi connectivity index (χ4v) is 5.13. The normalized spacial score (nSPS) is 17.1. The maximum absolute atomic E-state index is 13.3. The number of hydrogen-bond donors (Lipinski definition) is 1. The molecule has 5 rings (SSSR count). The van der Waals surface area contributed by atoms with Crippen molar-refractivity contribution < 1.29 is 24.4 Å². The van der Waals surface area contributed by atoms with E-state index in [1.165, 1.54) is 40.5 Å². The topological polar surface area (TPSA) is 123 Å². The molecule has 180 valence electrons. The Labute approximate surface area is 209 Å². The van der Waals surface area contributed by atoms with Crippen LogP contribution in [0, 0.1) is 17.0 Å². The second-order valence-electron chi connectivity index (χ2n) is 8.21. The third kappa shape index (κ3) is 3.87. The minimum atomic E-state index is -1.03. The number of nitro groups is 1. The van der Waals surface area contributed by atoms with Gasteiger partial charge in [-0.3, -0.25) is 24.6 Å². The summed E-state index contributed by atoms with van der Waals surface area (Å²) in [6.07, 6.45) is 0. The van der Waals surface area contributed by atoms with Crippen LogP contribution in [0.15, 0.2) is 72.3 Å². The number of ketones is 1. The molecule has 1 saturated heterocycles. The van der Waals surface area contributed by atoms with E-state index in [-0.39, 0.29) is 22.2 Å². The van der Waals surface area contributed by atoms with Crippen molar-refractivity contribution in [2.45, 2.75) is 13.0 Å². The Morgan fingerprint density at radius 3 is 2.42 bits per heavy atom. The maximum Gasteiger partial charge on any atom is 0.301 e. The number of nitro benzene ring substituents is 1. The number of aliphatic hydroxyl groups excluding tert-OH is 1. The molecule has 2 heterocycles. The molecule has 0 radical (unpaired) electrons. The van der Waals surface area contributed by atoms with Gasteiger partial charge in [-0.15, -0.1) is 0 Å². The second-order valence-corrected chi connectivity index (χ2v) is 9.22. The maximum atomic E-state index is 13.3. The molecule has 1 aromatic heterocycles. The number of hydrogen-bond acceptors (Lipinski definition) is 8. The van der Waals surface area contributed by atoms with Crippen LogP contribution in [0.2, 0.25) is 0 Å². The summed E-state index contributed by atoms with van der Waals surface area (Å²) in [4.78, 5) is 43.1. The molecule has 1 aliphatic rings. The molecule has 4 aromatic rings. The van der Waals surface area contributed by atoms with E-state index in [0.717, 1.165) is 10.3 Å². The lowest BCUT2D eigenvalue weighted by atomic mass is 9.95. The van der Waals surface area contributed by atoms with Gasteiger partial charge in [-0.05, 0) is 42.8 Å². The van der Waals surface area contributed by atoms with Crippen molar-refractivity contribution in [3.05, 3.63) is 99.1 Å². The number of nitrogens with zero attached hydrogens (tertiary/aromatic N) is 3. The fraction of sp³-hybridized carbons (Fsp3) is 0.115. The number of aromatic nitrogens is 1. The van der Waals surface area contributed by atoms with Crippen LogP contribution in [0.1, 0.15) is 22.7 Å². The van der Waals surface area contributed by atoms with E-state index >= 15 is 0 Å². The van der Waals surface area contributed by atoms with Crippen molar-refractivity contribution in [3.63, 3.8) is 0 Å². The summed E-state index contributed by atoms with van der Waals surface area (Å²) in [6, 6.07) is 16.7. The van der Waals surface area contributed by atoms with Gasteiger partial charge < -0.3 is 9.84 Å². The monoisotopic (exact) mass is 501 g/mol. The SMILES string of the molecule is COc1ccc2nc(N3C(=O)C(=O)C(=C(O)c4ccc(C)cc4)[C@@H]3c3ccc([N+](=O)[O-])cc3)sc2c1. The molecule has 0 saturated carbocycles. The number of carbonyl (C=O) groups is 2. The third-order valence-electron chi connectivity index (χ3n) is 5.98. The minimum Gasteiger partial charge on any atom is -0.507 e. The molecule has 1 aliphatic heterocycles. The van der Waals surface area contributed by atoms with E-state index in [2.05, 4.69) is 4.98 Å². The highest BCUT2D eigenvalue weighted by Crippen LogP contribution is 2.44. The molecule has 0 bridgehead atoms. The van der Waals surface area contributed by atoms with Gasteiger partial charge in [0.05, 0.1) is 33.9 Å². The van der Waals surface area contributed by atoms with Crippen molar-refractivity contribution in [1.82, 2.24) is 4.98 Å². The van der Waals surface area contributed by atoms with Crippen LogP contribution < -0.4 is 9.64 Å².